The lowest BCUT2D eigenvalue weighted by Crippen LogP contribution is -2.22. The zero-order valence-electron chi connectivity index (χ0n) is 12.3. The summed E-state index contributed by atoms with van der Waals surface area (Å²) < 4.78 is 21.2. The van der Waals surface area contributed by atoms with E-state index >= 15 is 0 Å². The van der Waals surface area contributed by atoms with Crippen LogP contribution < -0.4 is 0 Å². The molecule has 0 amide bonds. The Morgan fingerprint density at radius 2 is 1.96 bits per heavy atom. The highest BCUT2D eigenvalue weighted by atomic mass is 79.9. The van der Waals surface area contributed by atoms with Gasteiger partial charge in [0.05, 0.1) is 0 Å². The summed E-state index contributed by atoms with van der Waals surface area (Å²) >= 11 is 10.0. The lowest BCUT2D eigenvalue weighted by atomic mass is 9.91. The van der Waals surface area contributed by atoms with Crippen LogP contribution in [-0.4, -0.2) is 14.8 Å². The lowest BCUT2D eigenvalue weighted by Gasteiger charge is -2.20. The van der Waals surface area contributed by atoms with Crippen molar-refractivity contribution >= 4 is 27.5 Å². The molecule has 4 rings (SSSR count). The van der Waals surface area contributed by atoms with E-state index in [2.05, 4.69) is 26.0 Å². The number of rotatable bonds is 4. The van der Waals surface area contributed by atoms with Crippen LogP contribution in [0.1, 0.15) is 22.2 Å². The Kier molecular flexibility index (Phi) is 3.90. The first-order valence-corrected chi connectivity index (χ1v) is 8.59. The fourth-order valence-corrected chi connectivity index (χ4v) is 3.98. The molecule has 4 nitrogen and oxygen atoms in total. The Labute approximate surface area is 151 Å². The van der Waals surface area contributed by atoms with Crippen molar-refractivity contribution in [1.82, 2.24) is 14.8 Å². The van der Waals surface area contributed by atoms with Crippen molar-refractivity contribution in [3.05, 3.63) is 83.2 Å². The predicted octanol–water partition coefficient (Wildman–Crippen LogP) is 4.63. The van der Waals surface area contributed by atoms with E-state index in [1.807, 2.05) is 24.3 Å². The van der Waals surface area contributed by atoms with Crippen molar-refractivity contribution in [2.24, 2.45) is 0 Å². The van der Waals surface area contributed by atoms with E-state index in [9.17, 15) is 4.39 Å². The molecule has 0 radical (unpaired) electrons. The molecule has 3 aromatic rings. The smallest absolute Gasteiger partial charge is 0.157 e. The van der Waals surface area contributed by atoms with Gasteiger partial charge in [0, 0.05) is 10.6 Å². The Morgan fingerprint density at radius 1 is 1.21 bits per heavy atom. The Hall–Kier alpha value is -1.76. The minimum absolute atomic E-state index is 0.273. The van der Waals surface area contributed by atoms with Crippen molar-refractivity contribution in [1.29, 1.82) is 0 Å². The van der Waals surface area contributed by atoms with E-state index in [4.69, 9.17) is 16.3 Å². The molecule has 0 unspecified atom stereocenters. The molecule has 1 saturated heterocycles. The van der Waals surface area contributed by atoms with Crippen molar-refractivity contribution < 1.29 is 9.13 Å². The van der Waals surface area contributed by atoms with Gasteiger partial charge in [-0.1, -0.05) is 57.9 Å². The number of hydrogen-bond acceptors (Lipinski definition) is 3. The average Bonchev–Trinajstić information content (AvgIpc) is 3.09. The van der Waals surface area contributed by atoms with Crippen LogP contribution in [0.15, 0.2) is 61.2 Å². The fourth-order valence-electron chi connectivity index (χ4n) is 2.92. The van der Waals surface area contributed by atoms with Crippen molar-refractivity contribution in [3.8, 4) is 0 Å². The van der Waals surface area contributed by atoms with E-state index < -0.39 is 5.60 Å². The first-order valence-electron chi connectivity index (χ1n) is 7.29. The molecule has 0 bridgehead atoms. The minimum Gasteiger partial charge on any atom is -0.352 e. The third kappa shape index (κ3) is 2.46. The number of epoxide rings is 1. The normalized spacial score (nSPS) is 23.9. The molecule has 0 spiro atoms. The molecular weight excluding hydrogens is 397 g/mol. The monoisotopic (exact) mass is 407 g/mol. The number of alkyl halides is 1. The molecule has 1 aliphatic heterocycles. The van der Waals surface area contributed by atoms with E-state index in [1.54, 1.807) is 23.1 Å². The topological polar surface area (TPSA) is 43.2 Å². The molecule has 2 heterocycles. The maximum atomic E-state index is 13.4. The van der Waals surface area contributed by atoms with Crippen LogP contribution in [-0.2, 0) is 10.3 Å². The van der Waals surface area contributed by atoms with Gasteiger partial charge in [-0.2, -0.15) is 5.10 Å². The Morgan fingerprint density at radius 3 is 2.62 bits per heavy atom. The zero-order chi connectivity index (χ0) is 16.7. The molecule has 2 aromatic carbocycles. The van der Waals surface area contributed by atoms with Crippen LogP contribution in [0.5, 0.6) is 0 Å². The van der Waals surface area contributed by atoms with Crippen LogP contribution in [0.4, 0.5) is 4.39 Å². The summed E-state index contributed by atoms with van der Waals surface area (Å²) in [5, 5.41) is 4.82. The second-order valence-corrected chi connectivity index (χ2v) is 6.81. The van der Waals surface area contributed by atoms with E-state index in [0.29, 0.717) is 5.02 Å². The van der Waals surface area contributed by atoms with Gasteiger partial charge in [0.15, 0.2) is 5.60 Å². The summed E-state index contributed by atoms with van der Waals surface area (Å²) in [6.07, 6.45) is 2.79. The van der Waals surface area contributed by atoms with Crippen LogP contribution in [0.25, 0.3) is 0 Å². The maximum Gasteiger partial charge on any atom is 0.157 e. The molecule has 0 aliphatic carbocycles. The average molecular weight is 409 g/mol. The summed E-state index contributed by atoms with van der Waals surface area (Å²) in [6.45, 7) is 0. The molecule has 1 aromatic heterocycles. The zero-order valence-corrected chi connectivity index (χ0v) is 14.7. The fraction of sp³-hybridized carbons (Fsp3) is 0.176. The molecule has 0 N–H and O–H groups in total. The van der Waals surface area contributed by atoms with Crippen molar-refractivity contribution in [2.45, 2.75) is 16.7 Å². The van der Waals surface area contributed by atoms with E-state index in [0.717, 1.165) is 11.1 Å². The number of benzene rings is 2. The maximum absolute atomic E-state index is 13.4. The largest absolute Gasteiger partial charge is 0.352 e. The number of nitrogens with zero attached hydrogens (tertiary/aromatic N) is 3. The molecule has 122 valence electrons. The van der Waals surface area contributed by atoms with E-state index in [-0.39, 0.29) is 16.9 Å². The second kappa shape index (κ2) is 5.95. The van der Waals surface area contributed by atoms with Gasteiger partial charge in [-0.15, -0.1) is 0 Å². The number of ether oxygens (including phenoxy) is 1. The summed E-state index contributed by atoms with van der Waals surface area (Å²) in [4.78, 5) is 3.67. The molecule has 24 heavy (non-hydrogen) atoms. The molecular formula is C17H12BrClFN3O. The highest BCUT2D eigenvalue weighted by Gasteiger charge is 2.64. The second-order valence-electron chi connectivity index (χ2n) is 5.53. The first-order chi connectivity index (χ1) is 11.6. The van der Waals surface area contributed by atoms with Crippen LogP contribution >= 0.6 is 27.5 Å². The molecule has 1 aliphatic rings. The quantitative estimate of drug-likeness (QED) is 0.467. The van der Waals surface area contributed by atoms with Gasteiger partial charge in [0.1, 0.15) is 29.5 Å². The van der Waals surface area contributed by atoms with Gasteiger partial charge < -0.3 is 4.74 Å². The summed E-state index contributed by atoms with van der Waals surface area (Å²) in [6, 6.07) is 13.8. The summed E-state index contributed by atoms with van der Waals surface area (Å²) in [5.74, 6) is -0.296. The van der Waals surface area contributed by atoms with Gasteiger partial charge in [-0.3, -0.25) is 0 Å². The lowest BCUT2D eigenvalue weighted by molar-refractivity contribution is 0.260. The van der Waals surface area contributed by atoms with Gasteiger partial charge in [0.25, 0.3) is 0 Å². The van der Waals surface area contributed by atoms with Crippen molar-refractivity contribution in [2.75, 3.05) is 0 Å². The first kappa shape index (κ1) is 15.7. The van der Waals surface area contributed by atoms with Gasteiger partial charge >= 0.3 is 0 Å². The van der Waals surface area contributed by atoms with E-state index in [1.165, 1.54) is 18.5 Å². The van der Waals surface area contributed by atoms with Crippen LogP contribution in [0.3, 0.4) is 0 Å². The molecule has 0 saturated carbocycles. The SMILES string of the molecule is Fc1ccc([C@@]2([C@@H](Br)n3cncn3)O[C@H]2c2ccccc2Cl)cc1. The van der Waals surface area contributed by atoms with Gasteiger partial charge in [-0.05, 0) is 23.8 Å². The van der Waals surface area contributed by atoms with Crippen LogP contribution in [0.2, 0.25) is 5.02 Å². The summed E-state index contributed by atoms with van der Waals surface area (Å²) in [7, 11) is 0. The number of halogens is 3. The highest BCUT2D eigenvalue weighted by Crippen LogP contribution is 2.65. The third-order valence-electron chi connectivity index (χ3n) is 4.15. The summed E-state index contributed by atoms with van der Waals surface area (Å²) in [5.41, 5.74) is 0.978. The minimum atomic E-state index is -0.744. The van der Waals surface area contributed by atoms with Gasteiger partial charge in [0.2, 0.25) is 0 Å². The van der Waals surface area contributed by atoms with Gasteiger partial charge in [-0.25, -0.2) is 14.1 Å². The van der Waals surface area contributed by atoms with Crippen molar-refractivity contribution in [3.63, 3.8) is 0 Å². The predicted molar refractivity (Wildman–Crippen MR) is 91.3 cm³/mol. The standard InChI is InChI=1S/C17H12BrClFN3O/c18-16(23-10-21-9-22-23)17(11-5-7-12(20)8-6-11)15(24-17)13-3-1-2-4-14(13)19/h1-10,15-16H/t15-,16-,17+/m0/s1. The molecule has 1 fully saturated rings. The Bertz CT molecular complexity index is 859. The third-order valence-corrected chi connectivity index (χ3v) is 5.59. The van der Waals surface area contributed by atoms with Crippen LogP contribution in [0, 0.1) is 5.82 Å². The molecule has 3 atom stereocenters. The molecule has 7 heteroatoms. The number of aromatic nitrogens is 3. The Balaban J connectivity index is 1.80. The highest BCUT2D eigenvalue weighted by molar-refractivity contribution is 9.09. The number of hydrogen-bond donors (Lipinski definition) is 0.